The van der Waals surface area contributed by atoms with Crippen LogP contribution in [-0.4, -0.2) is 42.4 Å². The first-order valence-electron chi connectivity index (χ1n) is 6.37. The maximum absolute atomic E-state index is 12.8. The summed E-state index contributed by atoms with van der Waals surface area (Å²) in [4.78, 5) is 1.77. The van der Waals surface area contributed by atoms with E-state index in [-0.39, 0.29) is 5.75 Å². The minimum Gasteiger partial charge on any atom is -0.508 e. The molecule has 112 valence electrons. The van der Waals surface area contributed by atoms with E-state index in [0.717, 1.165) is 0 Å². The van der Waals surface area contributed by atoms with Crippen molar-refractivity contribution >= 4 is 15.9 Å². The van der Waals surface area contributed by atoms with Gasteiger partial charge in [0.2, 0.25) is 0 Å². The Morgan fingerprint density at radius 1 is 1.30 bits per heavy atom. The van der Waals surface area contributed by atoms with Gasteiger partial charge in [0.05, 0.1) is 6.42 Å². The van der Waals surface area contributed by atoms with Crippen molar-refractivity contribution in [3.63, 3.8) is 0 Å². The topological polar surface area (TPSA) is 35.5 Å². The van der Waals surface area contributed by atoms with Gasteiger partial charge >= 0.3 is 6.18 Å². The van der Waals surface area contributed by atoms with E-state index in [1.54, 1.807) is 17.0 Å². The lowest BCUT2D eigenvalue weighted by Gasteiger charge is -2.36. The standard InChI is InChI=1S/C13H16BrF3N2O/c14-9-1-2-12(20)10(7-9)11(8-13(15,16)17)19-5-3-18-4-6-19/h1-2,7,11,18,20H,3-6,8H2/t11-/m1/s1. The van der Waals surface area contributed by atoms with Crippen molar-refractivity contribution in [3.05, 3.63) is 28.2 Å². The van der Waals surface area contributed by atoms with Gasteiger partial charge in [-0.15, -0.1) is 0 Å². The van der Waals surface area contributed by atoms with Crippen LogP contribution in [0.25, 0.3) is 0 Å². The molecule has 0 radical (unpaired) electrons. The Balaban J connectivity index is 2.31. The van der Waals surface area contributed by atoms with E-state index in [1.807, 2.05) is 0 Å². The maximum atomic E-state index is 12.8. The summed E-state index contributed by atoms with van der Waals surface area (Å²) in [7, 11) is 0. The summed E-state index contributed by atoms with van der Waals surface area (Å²) in [5, 5.41) is 13.0. The van der Waals surface area contributed by atoms with Crippen molar-refractivity contribution in [3.8, 4) is 5.75 Å². The summed E-state index contributed by atoms with van der Waals surface area (Å²) in [6.45, 7) is 2.38. The molecule has 0 amide bonds. The monoisotopic (exact) mass is 352 g/mol. The summed E-state index contributed by atoms with van der Waals surface area (Å²) in [5.74, 6) is -0.0963. The van der Waals surface area contributed by atoms with E-state index in [1.165, 1.54) is 6.07 Å². The predicted molar refractivity (Wildman–Crippen MR) is 73.7 cm³/mol. The minimum absolute atomic E-state index is 0.0963. The first-order chi connectivity index (χ1) is 9.37. The normalized spacial score (nSPS) is 19.0. The number of nitrogens with zero attached hydrogens (tertiary/aromatic N) is 1. The number of phenols is 1. The lowest BCUT2D eigenvalue weighted by molar-refractivity contribution is -0.148. The van der Waals surface area contributed by atoms with Crippen molar-refractivity contribution in [1.82, 2.24) is 10.2 Å². The summed E-state index contributed by atoms with van der Waals surface area (Å²) in [6, 6.07) is 3.75. The third-order valence-electron chi connectivity index (χ3n) is 3.37. The van der Waals surface area contributed by atoms with Gasteiger partial charge in [-0.05, 0) is 18.2 Å². The fraction of sp³-hybridized carbons (Fsp3) is 0.538. The maximum Gasteiger partial charge on any atom is 0.390 e. The number of alkyl halides is 3. The number of nitrogens with one attached hydrogen (secondary N) is 1. The van der Waals surface area contributed by atoms with Gasteiger partial charge in [-0.2, -0.15) is 13.2 Å². The molecule has 0 unspecified atom stereocenters. The number of aromatic hydroxyl groups is 1. The number of rotatable bonds is 3. The van der Waals surface area contributed by atoms with Crippen LogP contribution in [0, 0.1) is 0 Å². The van der Waals surface area contributed by atoms with Crippen LogP contribution < -0.4 is 5.32 Å². The molecule has 3 nitrogen and oxygen atoms in total. The van der Waals surface area contributed by atoms with Gasteiger partial charge in [-0.25, -0.2) is 0 Å². The second-order valence-corrected chi connectivity index (χ2v) is 5.74. The Morgan fingerprint density at radius 2 is 1.95 bits per heavy atom. The SMILES string of the molecule is Oc1ccc(Br)cc1[C@@H](CC(F)(F)F)N1CCNCC1. The molecule has 1 heterocycles. The van der Waals surface area contributed by atoms with E-state index in [0.29, 0.717) is 36.2 Å². The molecule has 2 rings (SSSR count). The number of halogens is 4. The van der Waals surface area contributed by atoms with Crippen molar-refractivity contribution in [2.24, 2.45) is 0 Å². The van der Waals surface area contributed by atoms with Crippen LogP contribution in [-0.2, 0) is 0 Å². The van der Waals surface area contributed by atoms with Gasteiger partial charge in [0, 0.05) is 42.3 Å². The molecule has 7 heteroatoms. The molecule has 1 aromatic rings. The van der Waals surface area contributed by atoms with Gasteiger partial charge in [0.25, 0.3) is 0 Å². The molecule has 1 saturated heterocycles. The molecule has 0 aliphatic carbocycles. The van der Waals surface area contributed by atoms with Crippen LogP contribution in [0.1, 0.15) is 18.0 Å². The van der Waals surface area contributed by atoms with Crippen molar-refractivity contribution in [1.29, 1.82) is 0 Å². The van der Waals surface area contributed by atoms with Crippen LogP contribution in [0.2, 0.25) is 0 Å². The van der Waals surface area contributed by atoms with E-state index in [4.69, 9.17) is 0 Å². The smallest absolute Gasteiger partial charge is 0.390 e. The molecule has 1 aliphatic rings. The molecule has 1 atom stereocenters. The van der Waals surface area contributed by atoms with E-state index >= 15 is 0 Å². The zero-order valence-corrected chi connectivity index (χ0v) is 12.3. The predicted octanol–water partition coefficient (Wildman–Crippen LogP) is 3.05. The summed E-state index contributed by atoms with van der Waals surface area (Å²) in [5.41, 5.74) is 0.318. The molecule has 1 fully saturated rings. The van der Waals surface area contributed by atoms with E-state index < -0.39 is 18.6 Å². The van der Waals surface area contributed by atoms with Crippen LogP contribution in [0.15, 0.2) is 22.7 Å². The summed E-state index contributed by atoms with van der Waals surface area (Å²) in [6.07, 6.45) is -5.23. The molecule has 1 aromatic carbocycles. The number of piperazine rings is 1. The number of benzene rings is 1. The average molecular weight is 353 g/mol. The largest absolute Gasteiger partial charge is 0.508 e. The Morgan fingerprint density at radius 3 is 2.55 bits per heavy atom. The fourth-order valence-corrected chi connectivity index (χ4v) is 2.82. The van der Waals surface area contributed by atoms with Crippen molar-refractivity contribution in [2.45, 2.75) is 18.6 Å². The number of phenolic OH excluding ortho intramolecular Hbond substituents is 1. The van der Waals surface area contributed by atoms with Gasteiger partial charge < -0.3 is 10.4 Å². The van der Waals surface area contributed by atoms with Crippen LogP contribution in [0.5, 0.6) is 5.75 Å². The zero-order valence-electron chi connectivity index (χ0n) is 10.8. The number of hydrogen-bond acceptors (Lipinski definition) is 3. The Kier molecular flexibility index (Phi) is 4.93. The van der Waals surface area contributed by atoms with Gasteiger partial charge in [-0.3, -0.25) is 4.90 Å². The average Bonchev–Trinajstić information content (AvgIpc) is 2.39. The molecule has 0 spiro atoms. The van der Waals surface area contributed by atoms with E-state index in [2.05, 4.69) is 21.2 Å². The molecular formula is C13H16BrF3N2O. The molecule has 0 saturated carbocycles. The lowest BCUT2D eigenvalue weighted by atomic mass is 10.00. The van der Waals surface area contributed by atoms with Crippen molar-refractivity contribution in [2.75, 3.05) is 26.2 Å². The third kappa shape index (κ3) is 4.10. The van der Waals surface area contributed by atoms with Crippen LogP contribution in [0.3, 0.4) is 0 Å². The summed E-state index contributed by atoms with van der Waals surface area (Å²) >= 11 is 3.25. The number of hydrogen-bond donors (Lipinski definition) is 2. The molecule has 0 aromatic heterocycles. The van der Waals surface area contributed by atoms with Crippen molar-refractivity contribution < 1.29 is 18.3 Å². The fourth-order valence-electron chi connectivity index (χ4n) is 2.44. The third-order valence-corrected chi connectivity index (χ3v) is 3.86. The molecule has 1 aliphatic heterocycles. The Hall–Kier alpha value is -0.790. The second kappa shape index (κ2) is 6.32. The lowest BCUT2D eigenvalue weighted by Crippen LogP contribution is -2.46. The molecule has 20 heavy (non-hydrogen) atoms. The summed E-state index contributed by atoms with van der Waals surface area (Å²) < 4.78 is 39.2. The minimum atomic E-state index is -4.27. The highest BCUT2D eigenvalue weighted by atomic mass is 79.9. The molecular weight excluding hydrogens is 337 g/mol. The Bertz CT molecular complexity index is 461. The highest BCUT2D eigenvalue weighted by molar-refractivity contribution is 9.10. The van der Waals surface area contributed by atoms with Crippen LogP contribution in [0.4, 0.5) is 13.2 Å². The second-order valence-electron chi connectivity index (χ2n) is 4.82. The quantitative estimate of drug-likeness (QED) is 0.877. The van der Waals surface area contributed by atoms with E-state index in [9.17, 15) is 18.3 Å². The van der Waals surface area contributed by atoms with Crippen LogP contribution >= 0.6 is 15.9 Å². The first-order valence-corrected chi connectivity index (χ1v) is 7.16. The first kappa shape index (κ1) is 15.6. The highest BCUT2D eigenvalue weighted by Gasteiger charge is 2.37. The van der Waals surface area contributed by atoms with Gasteiger partial charge in [-0.1, -0.05) is 15.9 Å². The highest BCUT2D eigenvalue weighted by Crippen LogP contribution is 2.38. The Labute approximate surface area is 123 Å². The molecule has 0 bridgehead atoms. The van der Waals surface area contributed by atoms with Gasteiger partial charge in [0.15, 0.2) is 0 Å². The molecule has 2 N–H and O–H groups in total. The van der Waals surface area contributed by atoms with Gasteiger partial charge in [0.1, 0.15) is 5.75 Å². The zero-order chi connectivity index (χ0) is 14.8.